The molecule has 1 amide bonds. The predicted octanol–water partition coefficient (Wildman–Crippen LogP) is 5.43. The minimum absolute atomic E-state index is 0.105. The molecule has 2 bridgehead atoms. The summed E-state index contributed by atoms with van der Waals surface area (Å²) in [5.41, 5.74) is 4.76. The molecule has 2 fully saturated rings. The van der Waals surface area contributed by atoms with Gasteiger partial charge in [-0.15, -0.1) is 0 Å². The van der Waals surface area contributed by atoms with E-state index in [-0.39, 0.29) is 11.3 Å². The summed E-state index contributed by atoms with van der Waals surface area (Å²) >= 11 is 13.4. The van der Waals surface area contributed by atoms with E-state index in [4.69, 9.17) is 28.9 Å². The van der Waals surface area contributed by atoms with Crippen LogP contribution in [0.25, 0.3) is 0 Å². The van der Waals surface area contributed by atoms with E-state index >= 15 is 0 Å². The summed E-state index contributed by atoms with van der Waals surface area (Å²) < 4.78 is 1.84. The van der Waals surface area contributed by atoms with Crippen LogP contribution in [0.2, 0.25) is 10.0 Å². The van der Waals surface area contributed by atoms with Gasteiger partial charge in [-0.3, -0.25) is 4.79 Å². The Hall–Kier alpha value is -0.790. The summed E-state index contributed by atoms with van der Waals surface area (Å²) in [5.74, 6) is 1.96. The number of likely N-dealkylation sites (N-methyl/N-ethyl adjacent to an activating group) is 1. The average molecular weight is 503 g/mol. The quantitative estimate of drug-likeness (QED) is 0.401. The number of fused-ring (bicyclic) bond motifs is 2. The first-order valence-electron chi connectivity index (χ1n) is 11.1. The number of nitrogens with one attached hydrogen (secondary N) is 1. The Kier molecular flexibility index (Phi) is 9.51. The Morgan fingerprint density at radius 2 is 1.97 bits per heavy atom. The number of amides is 1. The lowest BCUT2D eigenvalue weighted by Crippen LogP contribution is -2.52. The fourth-order valence-corrected chi connectivity index (χ4v) is 6.46. The van der Waals surface area contributed by atoms with E-state index in [1.54, 1.807) is 6.07 Å². The molecule has 0 radical (unpaired) electrons. The number of nitrogens with zero attached hydrogens (tertiary/aromatic N) is 1. The third-order valence-electron chi connectivity index (χ3n) is 7.09. The SMILES string of the molecule is CN(Sc1cccc(Cl)c1Cl)C(C)(C)C=O.CNC1C(C)CC2CC1CC(C)(C(N)=O)C2. The van der Waals surface area contributed by atoms with Gasteiger partial charge in [0.2, 0.25) is 5.91 Å². The Balaban J connectivity index is 0.000000227. The summed E-state index contributed by atoms with van der Waals surface area (Å²) in [6, 6.07) is 6.00. The number of rotatable bonds is 6. The highest BCUT2D eigenvalue weighted by atomic mass is 35.5. The fourth-order valence-electron chi connectivity index (χ4n) is 5.10. The Bertz CT molecular complexity index is 820. The maximum absolute atomic E-state index is 11.6. The van der Waals surface area contributed by atoms with Gasteiger partial charge in [0.15, 0.2) is 0 Å². The van der Waals surface area contributed by atoms with Gasteiger partial charge in [0.1, 0.15) is 6.29 Å². The van der Waals surface area contributed by atoms with Gasteiger partial charge >= 0.3 is 0 Å². The number of hydrogen-bond acceptors (Lipinski definition) is 5. The molecular formula is C24H37Cl2N3O2S. The van der Waals surface area contributed by atoms with Crippen LogP contribution < -0.4 is 11.1 Å². The zero-order chi connectivity index (χ0) is 24.3. The van der Waals surface area contributed by atoms with Crippen LogP contribution in [0.15, 0.2) is 23.1 Å². The summed E-state index contributed by atoms with van der Waals surface area (Å²) in [7, 11) is 3.88. The van der Waals surface area contributed by atoms with E-state index in [1.807, 2.05) is 44.4 Å². The van der Waals surface area contributed by atoms with E-state index in [1.165, 1.54) is 24.8 Å². The third kappa shape index (κ3) is 6.41. The minimum atomic E-state index is -0.545. The molecule has 1 aromatic rings. The lowest BCUT2D eigenvalue weighted by molar-refractivity contribution is -0.132. The maximum atomic E-state index is 11.6. The van der Waals surface area contributed by atoms with E-state index in [0.717, 1.165) is 29.9 Å². The van der Waals surface area contributed by atoms with Crippen LogP contribution in [-0.2, 0) is 9.59 Å². The Labute approximate surface area is 207 Å². The molecule has 0 heterocycles. The van der Waals surface area contributed by atoms with E-state index in [2.05, 4.69) is 19.2 Å². The van der Waals surface area contributed by atoms with Gasteiger partial charge in [-0.1, -0.05) is 43.1 Å². The van der Waals surface area contributed by atoms with Crippen molar-refractivity contribution in [2.45, 2.75) is 69.9 Å². The van der Waals surface area contributed by atoms with Crippen LogP contribution in [-0.4, -0.2) is 42.2 Å². The molecule has 5 atom stereocenters. The highest BCUT2D eigenvalue weighted by Gasteiger charge is 2.47. The first kappa shape index (κ1) is 27.5. The number of nitrogens with two attached hydrogens (primary N) is 1. The molecule has 0 saturated heterocycles. The van der Waals surface area contributed by atoms with E-state index in [9.17, 15) is 9.59 Å². The van der Waals surface area contributed by atoms with Crippen molar-refractivity contribution >= 4 is 47.3 Å². The number of carbonyl (C=O) groups is 2. The van der Waals surface area contributed by atoms with Gasteiger partial charge in [0.05, 0.1) is 15.6 Å². The lowest BCUT2D eigenvalue weighted by Gasteiger charge is -2.49. The Morgan fingerprint density at radius 3 is 2.53 bits per heavy atom. The van der Waals surface area contributed by atoms with E-state index in [0.29, 0.717) is 27.9 Å². The molecule has 5 nitrogen and oxygen atoms in total. The molecular weight excluding hydrogens is 465 g/mol. The second-order valence-electron chi connectivity index (χ2n) is 10.1. The topological polar surface area (TPSA) is 75.4 Å². The molecule has 8 heteroatoms. The van der Waals surface area contributed by atoms with Crippen LogP contribution in [0.5, 0.6) is 0 Å². The lowest BCUT2D eigenvalue weighted by atomic mass is 9.57. The minimum Gasteiger partial charge on any atom is -0.369 e. The molecule has 0 aliphatic heterocycles. The highest BCUT2D eigenvalue weighted by molar-refractivity contribution is 7.97. The molecule has 1 aromatic carbocycles. The van der Waals surface area contributed by atoms with Crippen LogP contribution in [0.3, 0.4) is 0 Å². The maximum Gasteiger partial charge on any atom is 0.223 e. The van der Waals surface area contributed by atoms with E-state index < -0.39 is 5.54 Å². The Morgan fingerprint density at radius 1 is 1.31 bits per heavy atom. The standard InChI is InChI=1S/C13H24N2O.C11H13Cl2NOS/c1-8-4-9-5-10(11(8)15-3)7-13(2,6-9)12(14)16;1-11(2,7-15)14(3)16-9-6-4-5-8(12)10(9)13/h8-11,15H,4-7H2,1-3H3,(H2,14,16);4-7H,1-3H3. The molecule has 2 aliphatic carbocycles. The summed E-state index contributed by atoms with van der Waals surface area (Å²) in [6.07, 6.45) is 5.39. The van der Waals surface area contributed by atoms with Crippen molar-refractivity contribution in [3.63, 3.8) is 0 Å². The van der Waals surface area contributed by atoms with Gasteiger partial charge < -0.3 is 15.8 Å². The summed E-state index contributed by atoms with van der Waals surface area (Å²) in [4.78, 5) is 23.3. The molecule has 32 heavy (non-hydrogen) atoms. The molecule has 2 saturated carbocycles. The summed E-state index contributed by atoms with van der Waals surface area (Å²) in [6.45, 7) is 8.06. The fraction of sp³-hybridized carbons (Fsp3) is 0.667. The molecule has 5 unspecified atom stereocenters. The average Bonchev–Trinajstić information content (AvgIpc) is 2.71. The van der Waals surface area contributed by atoms with Gasteiger partial charge in [0.25, 0.3) is 0 Å². The first-order chi connectivity index (χ1) is 14.8. The largest absolute Gasteiger partial charge is 0.369 e. The number of hydrogen-bond donors (Lipinski definition) is 2. The third-order valence-corrected chi connectivity index (χ3v) is 9.31. The summed E-state index contributed by atoms with van der Waals surface area (Å²) in [5, 5.41) is 4.47. The molecule has 3 rings (SSSR count). The highest BCUT2D eigenvalue weighted by Crippen LogP contribution is 2.50. The van der Waals surface area contributed by atoms with Crippen LogP contribution in [0.1, 0.15) is 53.4 Å². The van der Waals surface area contributed by atoms with Crippen molar-refractivity contribution < 1.29 is 9.59 Å². The van der Waals surface area contributed by atoms with Crippen LogP contribution >= 0.6 is 35.1 Å². The number of primary amides is 1. The zero-order valence-corrected chi connectivity index (χ0v) is 22.3. The number of halogens is 2. The van der Waals surface area contributed by atoms with Crippen LogP contribution in [0, 0.1) is 23.2 Å². The second-order valence-corrected chi connectivity index (χ2v) is 12.1. The van der Waals surface area contributed by atoms with Crippen molar-refractivity contribution in [2.24, 2.45) is 28.9 Å². The van der Waals surface area contributed by atoms with Gasteiger partial charge in [-0.2, -0.15) is 0 Å². The van der Waals surface area contributed by atoms with Crippen LogP contribution in [0.4, 0.5) is 0 Å². The second kappa shape index (κ2) is 11.1. The predicted molar refractivity (Wildman–Crippen MR) is 135 cm³/mol. The van der Waals surface area contributed by atoms with Crippen molar-refractivity contribution in [1.82, 2.24) is 9.62 Å². The molecule has 180 valence electrons. The van der Waals surface area contributed by atoms with Crippen molar-refractivity contribution in [1.29, 1.82) is 0 Å². The monoisotopic (exact) mass is 501 g/mol. The number of benzene rings is 1. The smallest absolute Gasteiger partial charge is 0.223 e. The zero-order valence-electron chi connectivity index (χ0n) is 20.0. The van der Waals surface area contributed by atoms with Crippen molar-refractivity contribution in [2.75, 3.05) is 14.1 Å². The molecule has 3 N–H and O–H groups in total. The molecule has 0 aromatic heterocycles. The first-order valence-corrected chi connectivity index (χ1v) is 12.7. The molecule has 0 spiro atoms. The molecule has 2 aliphatic rings. The van der Waals surface area contributed by atoms with Crippen molar-refractivity contribution in [3.05, 3.63) is 28.2 Å². The van der Waals surface area contributed by atoms with Gasteiger partial charge in [-0.05, 0) is 95.5 Å². The number of aldehydes is 1. The van der Waals surface area contributed by atoms with Crippen molar-refractivity contribution in [3.8, 4) is 0 Å². The van der Waals surface area contributed by atoms with Gasteiger partial charge in [0, 0.05) is 16.4 Å². The number of carbonyl (C=O) groups excluding carboxylic acids is 2. The normalized spacial score (nSPS) is 29.8. The van der Waals surface area contributed by atoms with Gasteiger partial charge in [-0.25, -0.2) is 4.31 Å².